The van der Waals surface area contributed by atoms with E-state index in [9.17, 15) is 14.4 Å². The van der Waals surface area contributed by atoms with Crippen LogP contribution in [0.2, 0.25) is 0 Å². The van der Waals surface area contributed by atoms with Gasteiger partial charge in [0.1, 0.15) is 0 Å². The molecule has 1 rings (SSSR count). The molecule has 2 N–H and O–H groups in total. The summed E-state index contributed by atoms with van der Waals surface area (Å²) in [6, 6.07) is 4.61. The maximum absolute atomic E-state index is 12.0. The number of nitrogens with one attached hydrogen (secondary N) is 2. The number of benzene rings is 1. The SMILES string of the molecule is COc1cc(/C=C/C(=O)O[C@H](C)C(=O)NC(=O)NC(C)(C)C)ccc1OCC(C)C. The van der Waals surface area contributed by atoms with Crippen LogP contribution in [0.15, 0.2) is 24.3 Å². The second-order valence-corrected chi connectivity index (χ2v) is 8.22. The lowest BCUT2D eigenvalue weighted by Gasteiger charge is -2.21. The lowest BCUT2D eigenvalue weighted by atomic mass is 10.1. The summed E-state index contributed by atoms with van der Waals surface area (Å²) < 4.78 is 16.1. The van der Waals surface area contributed by atoms with Crippen molar-refractivity contribution in [3.05, 3.63) is 29.8 Å². The fourth-order valence-corrected chi connectivity index (χ4v) is 2.18. The third kappa shape index (κ3) is 9.45. The van der Waals surface area contributed by atoms with E-state index in [4.69, 9.17) is 14.2 Å². The zero-order valence-electron chi connectivity index (χ0n) is 18.7. The van der Waals surface area contributed by atoms with Gasteiger partial charge in [0.15, 0.2) is 17.6 Å². The number of imide groups is 1. The highest BCUT2D eigenvalue weighted by Crippen LogP contribution is 2.29. The molecule has 166 valence electrons. The number of methoxy groups -OCH3 is 1. The van der Waals surface area contributed by atoms with Crippen molar-refractivity contribution in [2.24, 2.45) is 5.92 Å². The zero-order valence-corrected chi connectivity index (χ0v) is 18.7. The molecule has 0 radical (unpaired) electrons. The Morgan fingerprint density at radius 1 is 1.10 bits per heavy atom. The molecule has 0 spiro atoms. The Kier molecular flexibility index (Phi) is 9.36. The molecule has 3 amide bonds. The Balaban J connectivity index is 2.65. The number of esters is 1. The van der Waals surface area contributed by atoms with Crippen LogP contribution >= 0.6 is 0 Å². The van der Waals surface area contributed by atoms with Gasteiger partial charge in [-0.3, -0.25) is 10.1 Å². The van der Waals surface area contributed by atoms with E-state index in [1.165, 1.54) is 26.2 Å². The van der Waals surface area contributed by atoms with Gasteiger partial charge in [0, 0.05) is 11.6 Å². The molecule has 8 nitrogen and oxygen atoms in total. The van der Waals surface area contributed by atoms with E-state index in [0.717, 1.165) is 0 Å². The monoisotopic (exact) mass is 420 g/mol. The molecule has 1 atom stereocenters. The van der Waals surface area contributed by atoms with Gasteiger partial charge in [-0.2, -0.15) is 0 Å². The third-order valence-corrected chi connectivity index (χ3v) is 3.56. The smallest absolute Gasteiger partial charge is 0.331 e. The van der Waals surface area contributed by atoms with E-state index in [-0.39, 0.29) is 0 Å². The van der Waals surface area contributed by atoms with Gasteiger partial charge in [-0.1, -0.05) is 19.9 Å². The number of carbonyl (C=O) groups is 3. The van der Waals surface area contributed by atoms with Crippen LogP contribution in [0.25, 0.3) is 6.08 Å². The van der Waals surface area contributed by atoms with E-state index < -0.39 is 29.6 Å². The fraction of sp³-hybridized carbons (Fsp3) is 0.500. The van der Waals surface area contributed by atoms with Crippen LogP contribution < -0.4 is 20.1 Å². The summed E-state index contributed by atoms with van der Waals surface area (Å²) in [5.74, 6) is 0.108. The van der Waals surface area contributed by atoms with Crippen LogP contribution in [0, 0.1) is 5.92 Å². The summed E-state index contributed by atoms with van der Waals surface area (Å²) in [4.78, 5) is 35.7. The molecule has 0 unspecified atom stereocenters. The van der Waals surface area contributed by atoms with E-state index >= 15 is 0 Å². The summed E-state index contributed by atoms with van der Waals surface area (Å²) in [5, 5.41) is 4.72. The van der Waals surface area contributed by atoms with Gasteiger partial charge < -0.3 is 19.5 Å². The summed E-state index contributed by atoms with van der Waals surface area (Å²) in [7, 11) is 1.54. The Morgan fingerprint density at radius 3 is 2.33 bits per heavy atom. The van der Waals surface area contributed by atoms with Crippen LogP contribution in [-0.2, 0) is 14.3 Å². The van der Waals surface area contributed by atoms with Crippen molar-refractivity contribution in [1.29, 1.82) is 0 Å². The first-order valence-electron chi connectivity index (χ1n) is 9.74. The molecular formula is C22H32N2O6. The van der Waals surface area contributed by atoms with Crippen molar-refractivity contribution in [2.75, 3.05) is 13.7 Å². The Hall–Kier alpha value is -3.03. The molecule has 0 aromatic heterocycles. The standard InChI is InChI=1S/C22H32N2O6/c1-14(2)13-29-17-10-8-16(12-18(17)28-7)9-11-19(25)30-15(3)20(26)23-21(27)24-22(4,5)6/h8-12,14-15H,13H2,1-7H3,(H2,23,24,26,27)/b11-9+/t15-/m1/s1. The Bertz CT molecular complexity index is 780. The highest BCUT2D eigenvalue weighted by molar-refractivity contribution is 5.98. The normalized spacial score (nSPS) is 12.4. The van der Waals surface area contributed by atoms with Gasteiger partial charge in [0.05, 0.1) is 13.7 Å². The van der Waals surface area contributed by atoms with Gasteiger partial charge in [0.25, 0.3) is 5.91 Å². The first kappa shape index (κ1) is 25.0. The van der Waals surface area contributed by atoms with Gasteiger partial charge in [-0.25, -0.2) is 9.59 Å². The molecule has 8 heteroatoms. The first-order valence-corrected chi connectivity index (χ1v) is 9.74. The van der Waals surface area contributed by atoms with E-state index in [0.29, 0.717) is 29.6 Å². The Labute approximate surface area is 178 Å². The zero-order chi connectivity index (χ0) is 22.9. The molecular weight excluding hydrogens is 388 g/mol. The van der Waals surface area contributed by atoms with Crippen LogP contribution in [0.3, 0.4) is 0 Å². The quantitative estimate of drug-likeness (QED) is 0.494. The number of ether oxygens (including phenoxy) is 3. The second-order valence-electron chi connectivity index (χ2n) is 8.22. The summed E-state index contributed by atoms with van der Waals surface area (Å²) in [5.41, 5.74) is 0.200. The topological polar surface area (TPSA) is 103 Å². The Morgan fingerprint density at radius 2 is 1.77 bits per heavy atom. The minimum Gasteiger partial charge on any atom is -0.493 e. The van der Waals surface area contributed by atoms with Gasteiger partial charge in [-0.05, 0) is 57.4 Å². The van der Waals surface area contributed by atoms with E-state index in [1.54, 1.807) is 39.0 Å². The molecule has 0 aliphatic rings. The van der Waals surface area contributed by atoms with Crippen molar-refractivity contribution in [3.8, 4) is 11.5 Å². The largest absolute Gasteiger partial charge is 0.493 e. The third-order valence-electron chi connectivity index (χ3n) is 3.56. The van der Waals surface area contributed by atoms with Crippen LogP contribution in [0.5, 0.6) is 11.5 Å². The molecule has 0 heterocycles. The summed E-state index contributed by atoms with van der Waals surface area (Å²) in [6.07, 6.45) is 1.60. The number of rotatable bonds is 8. The number of amides is 3. The van der Waals surface area contributed by atoms with Gasteiger partial charge in [0.2, 0.25) is 0 Å². The molecule has 0 bridgehead atoms. The molecule has 0 saturated carbocycles. The predicted octanol–water partition coefficient (Wildman–Crippen LogP) is 3.30. The van der Waals surface area contributed by atoms with Crippen molar-refractivity contribution in [1.82, 2.24) is 10.6 Å². The molecule has 0 aliphatic carbocycles. The minimum absolute atomic E-state index is 0.378. The first-order chi connectivity index (χ1) is 13.9. The number of hydrogen-bond acceptors (Lipinski definition) is 6. The minimum atomic E-state index is -1.13. The molecule has 1 aromatic carbocycles. The van der Waals surface area contributed by atoms with Crippen LogP contribution in [-0.4, -0.2) is 43.3 Å². The van der Waals surface area contributed by atoms with Crippen LogP contribution in [0.4, 0.5) is 4.79 Å². The van der Waals surface area contributed by atoms with E-state index in [2.05, 4.69) is 10.6 Å². The molecule has 1 aromatic rings. The van der Waals surface area contributed by atoms with Crippen molar-refractivity contribution in [2.45, 2.75) is 53.2 Å². The highest BCUT2D eigenvalue weighted by Gasteiger charge is 2.21. The predicted molar refractivity (Wildman–Crippen MR) is 114 cm³/mol. The number of hydrogen-bond donors (Lipinski definition) is 2. The van der Waals surface area contributed by atoms with E-state index in [1.807, 2.05) is 13.8 Å². The average molecular weight is 421 g/mol. The summed E-state index contributed by atoms with van der Waals surface area (Å²) >= 11 is 0. The fourth-order valence-electron chi connectivity index (χ4n) is 2.18. The van der Waals surface area contributed by atoms with Crippen molar-refractivity contribution in [3.63, 3.8) is 0 Å². The van der Waals surface area contributed by atoms with Gasteiger partial charge >= 0.3 is 12.0 Å². The van der Waals surface area contributed by atoms with Crippen LogP contribution in [0.1, 0.15) is 47.1 Å². The molecule has 0 saturated heterocycles. The summed E-state index contributed by atoms with van der Waals surface area (Å²) in [6.45, 7) is 11.4. The number of urea groups is 1. The lowest BCUT2D eigenvalue weighted by Crippen LogP contribution is -2.50. The molecule has 0 fully saturated rings. The lowest BCUT2D eigenvalue weighted by molar-refractivity contribution is -0.149. The molecule has 0 aliphatic heterocycles. The molecule has 30 heavy (non-hydrogen) atoms. The maximum Gasteiger partial charge on any atom is 0.331 e. The van der Waals surface area contributed by atoms with Crippen molar-refractivity contribution >= 4 is 24.0 Å². The second kappa shape index (κ2) is 11.2. The van der Waals surface area contributed by atoms with Crippen molar-refractivity contribution < 1.29 is 28.6 Å². The van der Waals surface area contributed by atoms with Gasteiger partial charge in [-0.15, -0.1) is 0 Å². The highest BCUT2D eigenvalue weighted by atomic mass is 16.5. The maximum atomic E-state index is 12.0. The number of carbonyl (C=O) groups excluding carboxylic acids is 3. The average Bonchev–Trinajstić information content (AvgIpc) is 2.63.